The van der Waals surface area contributed by atoms with Gasteiger partial charge in [-0.15, -0.1) is 0 Å². The highest BCUT2D eigenvalue weighted by Crippen LogP contribution is 2.33. The third-order valence-corrected chi connectivity index (χ3v) is 6.73. The highest BCUT2D eigenvalue weighted by molar-refractivity contribution is 8.18. The van der Waals surface area contributed by atoms with Gasteiger partial charge < -0.3 is 5.32 Å². The van der Waals surface area contributed by atoms with E-state index in [1.54, 1.807) is 23.9 Å². The molecule has 166 valence electrons. The minimum atomic E-state index is -0.660. The van der Waals surface area contributed by atoms with E-state index in [0.717, 1.165) is 32.0 Å². The van der Waals surface area contributed by atoms with Crippen LogP contribution in [0.5, 0.6) is 0 Å². The molecule has 3 aromatic rings. The molecule has 1 N–H and O–H groups in total. The lowest BCUT2D eigenvalue weighted by Crippen LogP contribution is -2.36. The van der Waals surface area contributed by atoms with Crippen molar-refractivity contribution in [1.29, 1.82) is 0 Å². The molecule has 0 atom stereocenters. The third-order valence-electron chi connectivity index (χ3n) is 4.55. The number of nitrogens with one attached hydrogen (secondary N) is 1. The van der Waals surface area contributed by atoms with Gasteiger partial charge in [0.15, 0.2) is 0 Å². The first kappa shape index (κ1) is 23.1. The van der Waals surface area contributed by atoms with Gasteiger partial charge in [0.25, 0.3) is 11.1 Å². The fourth-order valence-corrected chi connectivity index (χ4v) is 4.74. The molecule has 33 heavy (non-hydrogen) atoms. The molecular weight excluding hydrogens is 483 g/mol. The van der Waals surface area contributed by atoms with Gasteiger partial charge in [-0.25, -0.2) is 4.39 Å². The Morgan fingerprint density at radius 2 is 1.64 bits per heavy atom. The van der Waals surface area contributed by atoms with Crippen LogP contribution in [0.15, 0.2) is 87.5 Å². The molecule has 0 aliphatic carbocycles. The van der Waals surface area contributed by atoms with E-state index in [2.05, 4.69) is 5.32 Å². The molecule has 1 saturated heterocycles. The summed E-state index contributed by atoms with van der Waals surface area (Å²) < 4.78 is 13.7. The molecule has 1 heterocycles. The van der Waals surface area contributed by atoms with Crippen LogP contribution in [-0.2, 0) is 9.59 Å². The molecule has 0 bridgehead atoms. The van der Waals surface area contributed by atoms with Crippen LogP contribution < -0.4 is 5.32 Å². The van der Waals surface area contributed by atoms with Crippen LogP contribution in [0, 0.1) is 5.82 Å². The van der Waals surface area contributed by atoms with E-state index in [0.29, 0.717) is 5.02 Å². The van der Waals surface area contributed by atoms with Gasteiger partial charge in [0.1, 0.15) is 12.4 Å². The van der Waals surface area contributed by atoms with Gasteiger partial charge in [-0.3, -0.25) is 19.3 Å². The van der Waals surface area contributed by atoms with Gasteiger partial charge in [0.2, 0.25) is 5.91 Å². The molecule has 0 unspecified atom stereocenters. The second kappa shape index (κ2) is 10.2. The lowest BCUT2D eigenvalue weighted by Gasteiger charge is -2.12. The first-order valence-electron chi connectivity index (χ1n) is 9.72. The molecule has 0 saturated carbocycles. The summed E-state index contributed by atoms with van der Waals surface area (Å²) >= 11 is 8.24. The van der Waals surface area contributed by atoms with Gasteiger partial charge >= 0.3 is 0 Å². The number of para-hydroxylation sites is 1. The van der Waals surface area contributed by atoms with Crippen molar-refractivity contribution in [2.24, 2.45) is 0 Å². The second-order valence-corrected chi connectivity index (χ2v) is 9.50. The monoisotopic (exact) mass is 498 g/mol. The number of hydrogen-bond acceptors (Lipinski definition) is 5. The number of halogens is 2. The van der Waals surface area contributed by atoms with Crippen LogP contribution >= 0.6 is 35.1 Å². The van der Waals surface area contributed by atoms with Crippen molar-refractivity contribution >= 4 is 63.9 Å². The summed E-state index contributed by atoms with van der Waals surface area (Å²) in [6.45, 7) is -0.493. The van der Waals surface area contributed by atoms with E-state index in [4.69, 9.17) is 11.6 Å². The van der Waals surface area contributed by atoms with Crippen LogP contribution in [-0.4, -0.2) is 28.5 Å². The fourth-order valence-electron chi connectivity index (χ4n) is 2.95. The zero-order valence-corrected chi connectivity index (χ0v) is 19.3. The maximum atomic E-state index is 13.7. The number of imide groups is 1. The molecule has 0 spiro atoms. The second-order valence-electron chi connectivity index (χ2n) is 6.92. The topological polar surface area (TPSA) is 66.5 Å². The van der Waals surface area contributed by atoms with E-state index in [1.807, 2.05) is 48.5 Å². The van der Waals surface area contributed by atoms with Crippen LogP contribution in [0.2, 0.25) is 5.02 Å². The third kappa shape index (κ3) is 5.84. The molecule has 1 fully saturated rings. The molecule has 3 amide bonds. The average Bonchev–Trinajstić information content (AvgIpc) is 3.05. The Kier molecular flexibility index (Phi) is 7.17. The number of benzene rings is 3. The SMILES string of the molecule is O=C(CN1C(=O)S/C(=C\c2ccc(Sc3ccc(Cl)cc3)cc2)C1=O)Nc1ccccc1F. The van der Waals surface area contributed by atoms with Crippen molar-refractivity contribution in [3.05, 3.63) is 94.1 Å². The Hall–Kier alpha value is -3.07. The van der Waals surface area contributed by atoms with Crippen LogP contribution in [0.4, 0.5) is 14.9 Å². The normalized spacial score (nSPS) is 14.7. The van der Waals surface area contributed by atoms with Crippen molar-refractivity contribution in [3.8, 4) is 0 Å². The molecule has 3 aromatic carbocycles. The minimum absolute atomic E-state index is 0.0124. The van der Waals surface area contributed by atoms with Gasteiger partial charge in [0, 0.05) is 14.8 Å². The maximum absolute atomic E-state index is 13.7. The van der Waals surface area contributed by atoms with E-state index in [9.17, 15) is 18.8 Å². The van der Waals surface area contributed by atoms with E-state index in [1.165, 1.54) is 18.2 Å². The smallest absolute Gasteiger partial charge is 0.294 e. The highest BCUT2D eigenvalue weighted by Gasteiger charge is 2.36. The number of nitrogens with zero attached hydrogens (tertiary/aromatic N) is 1. The zero-order valence-electron chi connectivity index (χ0n) is 17.0. The van der Waals surface area contributed by atoms with E-state index in [-0.39, 0.29) is 10.6 Å². The average molecular weight is 499 g/mol. The Bertz CT molecular complexity index is 1250. The maximum Gasteiger partial charge on any atom is 0.294 e. The molecule has 5 nitrogen and oxygen atoms in total. The summed E-state index contributed by atoms with van der Waals surface area (Å²) in [7, 11) is 0. The molecule has 1 aliphatic rings. The van der Waals surface area contributed by atoms with Crippen molar-refractivity contribution in [2.45, 2.75) is 9.79 Å². The molecular formula is C24H16ClFN2O3S2. The Morgan fingerprint density at radius 3 is 2.30 bits per heavy atom. The zero-order chi connectivity index (χ0) is 23.4. The highest BCUT2D eigenvalue weighted by atomic mass is 35.5. The summed E-state index contributed by atoms with van der Waals surface area (Å²) in [5.74, 6) is -1.82. The summed E-state index contributed by atoms with van der Waals surface area (Å²) in [6, 6.07) is 20.7. The standard InChI is InChI=1S/C24H16ClFN2O3S2/c25-16-7-11-18(12-8-16)32-17-9-5-15(6-10-17)13-21-23(30)28(24(31)33-21)14-22(29)27-20-4-2-1-3-19(20)26/h1-13H,14H2,(H,27,29)/b21-13-. The van der Waals surface area contributed by atoms with Crippen molar-refractivity contribution in [2.75, 3.05) is 11.9 Å². The van der Waals surface area contributed by atoms with Crippen molar-refractivity contribution in [1.82, 2.24) is 4.90 Å². The van der Waals surface area contributed by atoms with Gasteiger partial charge in [-0.1, -0.05) is 47.6 Å². The number of thioether (sulfide) groups is 1. The van der Waals surface area contributed by atoms with Crippen LogP contribution in [0.1, 0.15) is 5.56 Å². The number of anilines is 1. The van der Waals surface area contributed by atoms with Crippen LogP contribution in [0.3, 0.4) is 0 Å². The number of carbonyl (C=O) groups excluding carboxylic acids is 3. The van der Waals surface area contributed by atoms with Gasteiger partial charge in [0.05, 0.1) is 10.6 Å². The first-order valence-corrected chi connectivity index (χ1v) is 11.7. The van der Waals surface area contributed by atoms with Crippen LogP contribution in [0.25, 0.3) is 6.08 Å². The number of carbonyl (C=O) groups is 3. The molecule has 1 aliphatic heterocycles. The Balaban J connectivity index is 1.40. The molecule has 0 radical (unpaired) electrons. The lowest BCUT2D eigenvalue weighted by molar-refractivity contribution is -0.127. The lowest BCUT2D eigenvalue weighted by atomic mass is 10.2. The van der Waals surface area contributed by atoms with Crippen molar-refractivity contribution < 1.29 is 18.8 Å². The van der Waals surface area contributed by atoms with Crippen molar-refractivity contribution in [3.63, 3.8) is 0 Å². The van der Waals surface area contributed by atoms with Gasteiger partial charge in [-0.05, 0) is 71.9 Å². The van der Waals surface area contributed by atoms with E-state index >= 15 is 0 Å². The van der Waals surface area contributed by atoms with Gasteiger partial charge in [-0.2, -0.15) is 0 Å². The summed E-state index contributed by atoms with van der Waals surface area (Å²) in [5.41, 5.74) is 0.735. The quantitative estimate of drug-likeness (QED) is 0.404. The largest absolute Gasteiger partial charge is 0.322 e. The Morgan fingerprint density at radius 1 is 1.00 bits per heavy atom. The first-order chi connectivity index (χ1) is 15.9. The molecule has 4 rings (SSSR count). The number of rotatable bonds is 6. The minimum Gasteiger partial charge on any atom is -0.322 e. The fraction of sp³-hybridized carbons (Fsp3) is 0.0417. The summed E-state index contributed by atoms with van der Waals surface area (Å²) in [4.78, 5) is 40.3. The van der Waals surface area contributed by atoms with E-state index < -0.39 is 29.4 Å². The number of hydrogen-bond donors (Lipinski definition) is 1. The molecule has 9 heteroatoms. The summed E-state index contributed by atoms with van der Waals surface area (Å²) in [6.07, 6.45) is 1.61. The number of amides is 3. The predicted molar refractivity (Wildman–Crippen MR) is 130 cm³/mol. The predicted octanol–water partition coefficient (Wildman–Crippen LogP) is 6.31. The molecule has 0 aromatic heterocycles. The Labute approximate surface area is 203 Å². The summed E-state index contributed by atoms with van der Waals surface area (Å²) in [5, 5.41) is 2.50.